The van der Waals surface area contributed by atoms with Crippen molar-refractivity contribution < 1.29 is 9.90 Å². The second-order valence-electron chi connectivity index (χ2n) is 3.87. The number of carboxylic acid groups (broad SMARTS) is 1. The van der Waals surface area contributed by atoms with Crippen LogP contribution in [0.15, 0.2) is 5.38 Å². The van der Waals surface area contributed by atoms with Crippen molar-refractivity contribution in [3.05, 3.63) is 21.8 Å². The Hall–Kier alpha value is -1.69. The normalized spacial score (nSPS) is 10.8. The average Bonchev–Trinajstić information content (AvgIpc) is 2.73. The molecule has 0 radical (unpaired) electrons. The van der Waals surface area contributed by atoms with Gasteiger partial charge in [0.2, 0.25) is 0 Å². The Balaban J connectivity index is 2.40. The molecule has 0 aliphatic rings. The summed E-state index contributed by atoms with van der Waals surface area (Å²) in [5.74, 6) is -0.856. The number of nitrogens with zero attached hydrogens (tertiary/aromatic N) is 3. The van der Waals surface area contributed by atoms with Crippen LogP contribution < -0.4 is 0 Å². The van der Waals surface area contributed by atoms with Gasteiger partial charge in [-0.2, -0.15) is 5.10 Å². The fraction of sp³-hybridized carbons (Fsp3) is 0.364. The summed E-state index contributed by atoms with van der Waals surface area (Å²) in [6.07, 6.45) is -0.0248. The Morgan fingerprint density at radius 1 is 1.53 bits per heavy atom. The molecule has 6 heteroatoms. The molecule has 5 nitrogen and oxygen atoms in total. The molecule has 0 amide bonds. The average molecular weight is 251 g/mol. The van der Waals surface area contributed by atoms with Crippen molar-refractivity contribution >= 4 is 17.3 Å². The zero-order valence-corrected chi connectivity index (χ0v) is 10.7. The lowest BCUT2D eigenvalue weighted by Crippen LogP contribution is -1.99. The molecule has 0 saturated carbocycles. The van der Waals surface area contributed by atoms with E-state index in [4.69, 9.17) is 5.11 Å². The molecule has 0 unspecified atom stereocenters. The molecule has 0 aromatic carbocycles. The third-order valence-electron chi connectivity index (χ3n) is 2.62. The minimum atomic E-state index is -0.856. The van der Waals surface area contributed by atoms with Gasteiger partial charge in [-0.15, -0.1) is 11.3 Å². The standard InChI is InChI=1S/C11H13N3O2S/c1-6-11(7(2)14(3)13-6)8-5-17-9(12-8)4-10(15)16/h5H,4H2,1-3H3,(H,15,16). The largest absolute Gasteiger partial charge is 0.481 e. The number of thiazole rings is 1. The highest BCUT2D eigenvalue weighted by Gasteiger charge is 2.15. The van der Waals surface area contributed by atoms with E-state index < -0.39 is 5.97 Å². The molecule has 0 fully saturated rings. The van der Waals surface area contributed by atoms with Crippen LogP contribution in [0.5, 0.6) is 0 Å². The van der Waals surface area contributed by atoms with Crippen molar-refractivity contribution in [1.82, 2.24) is 14.8 Å². The lowest BCUT2D eigenvalue weighted by atomic mass is 10.1. The van der Waals surface area contributed by atoms with Gasteiger partial charge in [0.25, 0.3) is 0 Å². The molecule has 17 heavy (non-hydrogen) atoms. The maximum atomic E-state index is 10.6. The molecule has 0 aliphatic heterocycles. The molecule has 2 heterocycles. The topological polar surface area (TPSA) is 68.0 Å². The third-order valence-corrected chi connectivity index (χ3v) is 3.47. The lowest BCUT2D eigenvalue weighted by molar-refractivity contribution is -0.136. The Bertz CT molecular complexity index is 571. The first kappa shape index (κ1) is 11.8. The number of hydrogen-bond donors (Lipinski definition) is 1. The molecule has 2 aromatic rings. The maximum absolute atomic E-state index is 10.6. The summed E-state index contributed by atoms with van der Waals surface area (Å²) in [6, 6.07) is 0. The SMILES string of the molecule is Cc1nn(C)c(C)c1-c1csc(CC(=O)O)n1. The molecule has 0 saturated heterocycles. The summed E-state index contributed by atoms with van der Waals surface area (Å²) >= 11 is 1.37. The quantitative estimate of drug-likeness (QED) is 0.903. The molecule has 0 bridgehead atoms. The smallest absolute Gasteiger partial charge is 0.310 e. The minimum absolute atomic E-state index is 0.0248. The van der Waals surface area contributed by atoms with Crippen molar-refractivity contribution in [2.75, 3.05) is 0 Å². The van der Waals surface area contributed by atoms with Crippen LogP contribution in [0.25, 0.3) is 11.3 Å². The summed E-state index contributed by atoms with van der Waals surface area (Å²) < 4.78 is 1.81. The van der Waals surface area contributed by atoms with Crippen LogP contribution in [0, 0.1) is 13.8 Å². The summed E-state index contributed by atoms with van der Waals surface area (Å²) in [5.41, 5.74) is 3.77. The van der Waals surface area contributed by atoms with E-state index in [0.29, 0.717) is 5.01 Å². The molecule has 1 N–H and O–H groups in total. The van der Waals surface area contributed by atoms with Gasteiger partial charge in [-0.05, 0) is 13.8 Å². The first-order valence-electron chi connectivity index (χ1n) is 5.15. The molecular formula is C11H13N3O2S. The summed E-state index contributed by atoms with van der Waals surface area (Å²) in [4.78, 5) is 14.9. The van der Waals surface area contributed by atoms with Crippen molar-refractivity contribution in [1.29, 1.82) is 0 Å². The molecule has 0 aliphatic carbocycles. The zero-order valence-electron chi connectivity index (χ0n) is 9.89. The van der Waals surface area contributed by atoms with E-state index in [2.05, 4.69) is 10.1 Å². The highest BCUT2D eigenvalue weighted by atomic mass is 32.1. The second-order valence-corrected chi connectivity index (χ2v) is 4.81. The molecule has 0 atom stereocenters. The van der Waals surface area contributed by atoms with Gasteiger partial charge in [0, 0.05) is 23.7 Å². The Morgan fingerprint density at radius 3 is 2.76 bits per heavy atom. The maximum Gasteiger partial charge on any atom is 0.310 e. The van der Waals surface area contributed by atoms with Crippen molar-refractivity contribution in [3.63, 3.8) is 0 Å². The number of hydrogen-bond acceptors (Lipinski definition) is 4. The van der Waals surface area contributed by atoms with Gasteiger partial charge in [0.05, 0.1) is 17.8 Å². The Labute approximate surface area is 103 Å². The van der Waals surface area contributed by atoms with Crippen LogP contribution in [0.4, 0.5) is 0 Å². The molecule has 2 aromatic heterocycles. The summed E-state index contributed by atoms with van der Waals surface area (Å²) in [6.45, 7) is 3.91. The van der Waals surface area contributed by atoms with E-state index in [9.17, 15) is 4.79 Å². The Morgan fingerprint density at radius 2 is 2.24 bits per heavy atom. The lowest BCUT2D eigenvalue weighted by Gasteiger charge is -1.97. The number of rotatable bonds is 3. The van der Waals surface area contributed by atoms with Gasteiger partial charge < -0.3 is 5.11 Å². The van der Waals surface area contributed by atoms with E-state index >= 15 is 0 Å². The van der Waals surface area contributed by atoms with Crippen molar-refractivity contribution in [2.45, 2.75) is 20.3 Å². The van der Waals surface area contributed by atoms with Gasteiger partial charge in [0.1, 0.15) is 5.01 Å². The summed E-state index contributed by atoms with van der Waals surface area (Å²) in [7, 11) is 1.89. The molecule has 0 spiro atoms. The Kier molecular flexibility index (Phi) is 2.97. The van der Waals surface area contributed by atoms with E-state index in [0.717, 1.165) is 22.6 Å². The highest BCUT2D eigenvalue weighted by Crippen LogP contribution is 2.27. The van der Waals surface area contributed by atoms with Crippen molar-refractivity contribution in [2.24, 2.45) is 7.05 Å². The van der Waals surface area contributed by atoms with E-state index in [1.54, 1.807) is 4.68 Å². The fourth-order valence-electron chi connectivity index (χ4n) is 1.78. The zero-order chi connectivity index (χ0) is 12.6. The molecule has 2 rings (SSSR count). The predicted octanol–water partition coefficient (Wildman–Crippen LogP) is 1.79. The fourth-order valence-corrected chi connectivity index (χ4v) is 2.56. The first-order valence-corrected chi connectivity index (χ1v) is 6.03. The van der Waals surface area contributed by atoms with Crippen molar-refractivity contribution in [3.8, 4) is 11.3 Å². The van der Waals surface area contributed by atoms with Gasteiger partial charge in [-0.25, -0.2) is 4.98 Å². The van der Waals surface area contributed by atoms with Crippen LogP contribution in [0.1, 0.15) is 16.4 Å². The van der Waals surface area contributed by atoms with Crippen LogP contribution >= 0.6 is 11.3 Å². The highest BCUT2D eigenvalue weighted by molar-refractivity contribution is 7.10. The molecule has 90 valence electrons. The first-order chi connectivity index (χ1) is 7.99. The number of carbonyl (C=O) groups is 1. The van der Waals surface area contributed by atoms with Crippen LogP contribution in [0.2, 0.25) is 0 Å². The van der Waals surface area contributed by atoms with Crippen LogP contribution in [-0.4, -0.2) is 25.8 Å². The number of aryl methyl sites for hydroxylation is 2. The number of aliphatic carboxylic acids is 1. The minimum Gasteiger partial charge on any atom is -0.481 e. The number of aromatic nitrogens is 3. The predicted molar refractivity (Wildman–Crippen MR) is 65.1 cm³/mol. The summed E-state index contributed by atoms with van der Waals surface area (Å²) in [5, 5.41) is 15.5. The van der Waals surface area contributed by atoms with E-state index in [1.807, 2.05) is 26.3 Å². The van der Waals surface area contributed by atoms with E-state index in [1.165, 1.54) is 11.3 Å². The van der Waals surface area contributed by atoms with Crippen LogP contribution in [-0.2, 0) is 18.3 Å². The number of carboxylic acids is 1. The second kappa shape index (κ2) is 4.29. The van der Waals surface area contributed by atoms with Crippen LogP contribution in [0.3, 0.4) is 0 Å². The van der Waals surface area contributed by atoms with Gasteiger partial charge in [-0.3, -0.25) is 9.48 Å². The van der Waals surface area contributed by atoms with E-state index in [-0.39, 0.29) is 6.42 Å². The monoisotopic (exact) mass is 251 g/mol. The van der Waals surface area contributed by atoms with Gasteiger partial charge in [0.15, 0.2) is 0 Å². The molecular weight excluding hydrogens is 238 g/mol. The van der Waals surface area contributed by atoms with Gasteiger partial charge >= 0.3 is 5.97 Å². The third kappa shape index (κ3) is 2.21. The van der Waals surface area contributed by atoms with Gasteiger partial charge in [-0.1, -0.05) is 0 Å².